The molecule has 0 saturated carbocycles. The summed E-state index contributed by atoms with van der Waals surface area (Å²) in [6.45, 7) is 0. The van der Waals surface area contributed by atoms with Crippen LogP contribution in [0.15, 0.2) is 54.9 Å². The topological polar surface area (TPSA) is 117 Å². The third kappa shape index (κ3) is 2.75. The molecule has 0 aliphatic heterocycles. The second-order valence-electron chi connectivity index (χ2n) is 6.02. The molecular formula is C19H15N5O2. The van der Waals surface area contributed by atoms with Crippen molar-refractivity contribution in [2.75, 3.05) is 5.73 Å². The van der Waals surface area contributed by atoms with Crippen molar-refractivity contribution in [1.29, 1.82) is 0 Å². The van der Waals surface area contributed by atoms with E-state index in [9.17, 15) is 9.59 Å². The lowest BCUT2D eigenvalue weighted by atomic mass is 10.1. The van der Waals surface area contributed by atoms with Gasteiger partial charge in [-0.25, -0.2) is 9.97 Å². The van der Waals surface area contributed by atoms with Gasteiger partial charge in [0.2, 0.25) is 11.9 Å². The van der Waals surface area contributed by atoms with Crippen molar-refractivity contribution in [3.05, 3.63) is 66.1 Å². The summed E-state index contributed by atoms with van der Waals surface area (Å²) < 4.78 is 1.48. The van der Waals surface area contributed by atoms with Crippen LogP contribution in [0.3, 0.4) is 0 Å². The highest BCUT2D eigenvalue weighted by Gasteiger charge is 2.17. The van der Waals surface area contributed by atoms with Gasteiger partial charge in [-0.2, -0.15) is 0 Å². The minimum Gasteiger partial charge on any atom is -0.369 e. The Labute approximate surface area is 148 Å². The molecule has 1 amide bonds. The minimum absolute atomic E-state index is 0.0141. The molecule has 4 rings (SSSR count). The number of benzene rings is 2. The zero-order valence-electron chi connectivity index (χ0n) is 13.7. The van der Waals surface area contributed by atoms with Crippen LogP contribution >= 0.6 is 0 Å². The fraction of sp³-hybridized carbons (Fsp3) is 0.0526. The summed E-state index contributed by atoms with van der Waals surface area (Å²) in [7, 11) is 0. The van der Waals surface area contributed by atoms with Crippen molar-refractivity contribution in [3.8, 4) is 0 Å². The van der Waals surface area contributed by atoms with Crippen LogP contribution in [0.4, 0.5) is 5.95 Å². The molecule has 0 aliphatic carbocycles. The third-order valence-electron chi connectivity index (χ3n) is 4.15. The van der Waals surface area contributed by atoms with Gasteiger partial charge in [0.15, 0.2) is 0 Å². The maximum atomic E-state index is 13.0. The van der Waals surface area contributed by atoms with Gasteiger partial charge in [-0.3, -0.25) is 14.2 Å². The van der Waals surface area contributed by atoms with Crippen LogP contribution in [-0.4, -0.2) is 26.3 Å². The quantitative estimate of drug-likeness (QED) is 0.588. The number of hydrogen-bond donors (Lipinski definition) is 2. The molecule has 2 heterocycles. The van der Waals surface area contributed by atoms with Crippen LogP contribution in [0.25, 0.3) is 21.7 Å². The van der Waals surface area contributed by atoms with Gasteiger partial charge in [-0.05, 0) is 28.5 Å². The number of carbonyl (C=O) groups is 2. The Morgan fingerprint density at radius 3 is 2.35 bits per heavy atom. The molecule has 4 aromatic rings. The highest BCUT2D eigenvalue weighted by molar-refractivity contribution is 6.07. The van der Waals surface area contributed by atoms with E-state index in [0.29, 0.717) is 16.5 Å². The first-order valence-corrected chi connectivity index (χ1v) is 7.97. The average Bonchev–Trinajstić information content (AvgIpc) is 3.04. The van der Waals surface area contributed by atoms with Crippen molar-refractivity contribution in [3.63, 3.8) is 0 Å². The van der Waals surface area contributed by atoms with Gasteiger partial charge in [0, 0.05) is 17.8 Å². The normalized spacial score (nSPS) is 11.1. The van der Waals surface area contributed by atoms with Crippen LogP contribution in [0.5, 0.6) is 0 Å². The van der Waals surface area contributed by atoms with E-state index in [0.717, 1.165) is 10.8 Å². The number of amides is 1. The van der Waals surface area contributed by atoms with Crippen LogP contribution in [-0.2, 0) is 11.2 Å². The SMILES string of the molecule is NC(=O)Cc1ccc2nc(N)nc(C(=O)n3cc4ccccc4c3)c2c1. The highest BCUT2D eigenvalue weighted by Crippen LogP contribution is 2.22. The smallest absolute Gasteiger partial charge is 0.281 e. The Balaban J connectivity index is 1.88. The van der Waals surface area contributed by atoms with Crippen LogP contribution in [0.1, 0.15) is 16.1 Å². The molecule has 26 heavy (non-hydrogen) atoms. The Morgan fingerprint density at radius 2 is 1.69 bits per heavy atom. The monoisotopic (exact) mass is 345 g/mol. The van der Waals surface area contributed by atoms with Crippen molar-refractivity contribution in [2.45, 2.75) is 6.42 Å². The van der Waals surface area contributed by atoms with Crippen LogP contribution in [0.2, 0.25) is 0 Å². The van der Waals surface area contributed by atoms with Gasteiger partial charge in [0.25, 0.3) is 5.91 Å². The van der Waals surface area contributed by atoms with E-state index >= 15 is 0 Å². The Morgan fingerprint density at radius 1 is 1.00 bits per heavy atom. The number of fused-ring (bicyclic) bond motifs is 2. The molecule has 128 valence electrons. The standard InChI is InChI=1S/C19H15N5O2/c20-16(25)8-11-5-6-15-14(7-11)17(23-19(21)22-15)18(26)24-9-12-3-1-2-4-13(12)10-24/h1-7,9-10H,8H2,(H2,20,25)(H2,21,22,23). The van der Waals surface area contributed by atoms with E-state index in [1.54, 1.807) is 30.6 Å². The lowest BCUT2D eigenvalue weighted by Gasteiger charge is -2.08. The van der Waals surface area contributed by atoms with Gasteiger partial charge in [-0.1, -0.05) is 30.3 Å². The lowest BCUT2D eigenvalue weighted by Crippen LogP contribution is -2.15. The van der Waals surface area contributed by atoms with Gasteiger partial charge in [0.05, 0.1) is 11.9 Å². The summed E-state index contributed by atoms with van der Waals surface area (Å²) in [5.74, 6) is -0.762. The summed E-state index contributed by atoms with van der Waals surface area (Å²) in [6, 6.07) is 12.8. The van der Waals surface area contributed by atoms with Crippen molar-refractivity contribution in [1.82, 2.24) is 14.5 Å². The molecule has 0 fully saturated rings. The predicted molar refractivity (Wildman–Crippen MR) is 98.5 cm³/mol. The predicted octanol–water partition coefficient (Wildman–Crippen LogP) is 1.88. The maximum absolute atomic E-state index is 13.0. The second kappa shape index (κ2) is 5.96. The third-order valence-corrected chi connectivity index (χ3v) is 4.15. The summed E-state index contributed by atoms with van der Waals surface area (Å²) in [5.41, 5.74) is 12.4. The molecule has 2 aromatic carbocycles. The van der Waals surface area contributed by atoms with E-state index in [-0.39, 0.29) is 24.0 Å². The van der Waals surface area contributed by atoms with Gasteiger partial charge >= 0.3 is 0 Å². The first kappa shape index (κ1) is 15.8. The van der Waals surface area contributed by atoms with Crippen molar-refractivity contribution >= 4 is 39.4 Å². The molecule has 0 bridgehead atoms. The van der Waals surface area contributed by atoms with E-state index < -0.39 is 5.91 Å². The van der Waals surface area contributed by atoms with Crippen LogP contribution < -0.4 is 11.5 Å². The number of anilines is 1. The number of rotatable bonds is 3. The van der Waals surface area contributed by atoms with Gasteiger partial charge < -0.3 is 11.5 Å². The molecule has 0 spiro atoms. The minimum atomic E-state index is -0.453. The zero-order chi connectivity index (χ0) is 18.3. The number of nitrogens with zero attached hydrogens (tertiary/aromatic N) is 3. The number of carbonyl (C=O) groups excluding carboxylic acids is 2. The molecule has 0 radical (unpaired) electrons. The lowest BCUT2D eigenvalue weighted by molar-refractivity contribution is -0.117. The van der Waals surface area contributed by atoms with Gasteiger partial charge in [-0.15, -0.1) is 0 Å². The van der Waals surface area contributed by atoms with E-state index in [1.807, 2.05) is 24.3 Å². The second-order valence-corrected chi connectivity index (χ2v) is 6.02. The number of nitrogens with two attached hydrogens (primary N) is 2. The number of hydrogen-bond acceptors (Lipinski definition) is 5. The van der Waals surface area contributed by atoms with Gasteiger partial charge in [0.1, 0.15) is 5.69 Å². The summed E-state index contributed by atoms with van der Waals surface area (Å²) in [4.78, 5) is 32.6. The zero-order valence-corrected chi connectivity index (χ0v) is 13.7. The van der Waals surface area contributed by atoms with E-state index in [4.69, 9.17) is 11.5 Å². The highest BCUT2D eigenvalue weighted by atomic mass is 16.2. The molecule has 4 N–H and O–H groups in total. The Kier molecular flexibility index (Phi) is 3.62. The first-order chi connectivity index (χ1) is 12.5. The van der Waals surface area contributed by atoms with Crippen molar-refractivity contribution < 1.29 is 9.59 Å². The summed E-state index contributed by atoms with van der Waals surface area (Å²) in [6.07, 6.45) is 3.56. The largest absolute Gasteiger partial charge is 0.369 e. The fourth-order valence-corrected chi connectivity index (χ4v) is 2.99. The first-order valence-electron chi connectivity index (χ1n) is 7.97. The molecule has 0 aliphatic rings. The molecule has 0 saturated heterocycles. The molecule has 7 nitrogen and oxygen atoms in total. The Bertz CT molecular complexity index is 1150. The van der Waals surface area contributed by atoms with Crippen molar-refractivity contribution in [2.24, 2.45) is 5.73 Å². The van der Waals surface area contributed by atoms with E-state index in [1.165, 1.54) is 4.57 Å². The average molecular weight is 345 g/mol. The molecule has 2 aromatic heterocycles. The fourth-order valence-electron chi connectivity index (χ4n) is 2.99. The molecule has 0 unspecified atom stereocenters. The summed E-state index contributed by atoms with van der Waals surface area (Å²) in [5, 5.41) is 2.42. The maximum Gasteiger partial charge on any atom is 0.281 e. The van der Waals surface area contributed by atoms with Crippen LogP contribution in [0, 0.1) is 0 Å². The van der Waals surface area contributed by atoms with E-state index in [2.05, 4.69) is 9.97 Å². The summed E-state index contributed by atoms with van der Waals surface area (Å²) >= 11 is 0. The number of primary amides is 1. The molecular weight excluding hydrogens is 330 g/mol. The number of nitrogen functional groups attached to an aromatic ring is 1. The number of aromatic nitrogens is 3. The molecule has 0 atom stereocenters. The molecule has 7 heteroatoms. The Hall–Kier alpha value is -3.74.